The minimum Gasteiger partial charge on any atom is -0.469 e. The average Bonchev–Trinajstić information content (AvgIpc) is 2.16. The number of hydrogen-bond acceptors (Lipinski definition) is 3. The number of halogens is 1. The van der Waals surface area contributed by atoms with Crippen molar-refractivity contribution in [1.29, 1.82) is 0 Å². The van der Waals surface area contributed by atoms with Crippen LogP contribution in [0.1, 0.15) is 19.3 Å². The number of alkyl halides is 1. The van der Waals surface area contributed by atoms with E-state index < -0.39 is 6.17 Å². The third kappa shape index (κ3) is 3.30. The summed E-state index contributed by atoms with van der Waals surface area (Å²) in [5.41, 5.74) is 0. The Kier molecular flexibility index (Phi) is 4.15. The standard InChI is InChI=1S/C9H15FO3/c1-12-9(11)3-2-7-6-13-5-4-8(7)10/h7-8H,2-6H2,1H3/t7-,8-/m1/s1. The van der Waals surface area contributed by atoms with E-state index in [1.807, 2.05) is 0 Å². The van der Waals surface area contributed by atoms with Crippen molar-refractivity contribution >= 4 is 5.97 Å². The van der Waals surface area contributed by atoms with Crippen LogP contribution in [0.2, 0.25) is 0 Å². The van der Waals surface area contributed by atoms with Gasteiger partial charge in [0, 0.05) is 25.4 Å². The van der Waals surface area contributed by atoms with Crippen LogP contribution in [0.4, 0.5) is 4.39 Å². The molecule has 1 heterocycles. The summed E-state index contributed by atoms with van der Waals surface area (Å²) in [6.07, 6.45) is 0.434. The lowest BCUT2D eigenvalue weighted by molar-refractivity contribution is -0.141. The van der Waals surface area contributed by atoms with E-state index in [1.165, 1.54) is 7.11 Å². The molecule has 0 aromatic rings. The zero-order chi connectivity index (χ0) is 9.68. The van der Waals surface area contributed by atoms with Crippen molar-refractivity contribution in [3.8, 4) is 0 Å². The molecule has 3 nitrogen and oxygen atoms in total. The van der Waals surface area contributed by atoms with Crippen molar-refractivity contribution < 1.29 is 18.7 Å². The molecular weight excluding hydrogens is 175 g/mol. The van der Waals surface area contributed by atoms with Crippen molar-refractivity contribution in [1.82, 2.24) is 0 Å². The van der Waals surface area contributed by atoms with Gasteiger partial charge in [-0.2, -0.15) is 0 Å². The molecule has 0 aliphatic carbocycles. The summed E-state index contributed by atoms with van der Waals surface area (Å²) in [6, 6.07) is 0. The number of hydrogen-bond donors (Lipinski definition) is 0. The van der Waals surface area contributed by atoms with Crippen molar-refractivity contribution in [2.45, 2.75) is 25.4 Å². The quantitative estimate of drug-likeness (QED) is 0.629. The first-order valence-electron chi connectivity index (χ1n) is 4.52. The van der Waals surface area contributed by atoms with E-state index in [1.54, 1.807) is 0 Å². The van der Waals surface area contributed by atoms with Gasteiger partial charge < -0.3 is 9.47 Å². The Bertz CT molecular complexity index is 172. The maximum atomic E-state index is 13.2. The van der Waals surface area contributed by atoms with Gasteiger partial charge in [0.1, 0.15) is 6.17 Å². The first kappa shape index (κ1) is 10.4. The van der Waals surface area contributed by atoms with Crippen LogP contribution in [0.25, 0.3) is 0 Å². The van der Waals surface area contributed by atoms with Gasteiger partial charge >= 0.3 is 5.97 Å². The lowest BCUT2D eigenvalue weighted by atomic mass is 9.95. The molecule has 0 amide bonds. The molecule has 1 rings (SSSR count). The SMILES string of the molecule is COC(=O)CC[C@@H]1COCC[C@H]1F. The Balaban J connectivity index is 2.22. The number of ether oxygens (including phenoxy) is 2. The zero-order valence-electron chi connectivity index (χ0n) is 7.79. The van der Waals surface area contributed by atoms with Gasteiger partial charge in [-0.3, -0.25) is 4.79 Å². The molecule has 0 unspecified atom stereocenters. The second-order valence-corrected chi connectivity index (χ2v) is 3.25. The van der Waals surface area contributed by atoms with E-state index in [-0.39, 0.29) is 18.3 Å². The topological polar surface area (TPSA) is 35.5 Å². The summed E-state index contributed by atoms with van der Waals surface area (Å²) < 4.78 is 22.8. The highest BCUT2D eigenvalue weighted by atomic mass is 19.1. The van der Waals surface area contributed by atoms with E-state index in [2.05, 4.69) is 4.74 Å². The smallest absolute Gasteiger partial charge is 0.305 e. The summed E-state index contributed by atoms with van der Waals surface area (Å²) >= 11 is 0. The fraction of sp³-hybridized carbons (Fsp3) is 0.889. The number of esters is 1. The molecule has 0 N–H and O–H groups in total. The molecule has 1 aliphatic heterocycles. The van der Waals surface area contributed by atoms with Crippen LogP contribution in [0.5, 0.6) is 0 Å². The van der Waals surface area contributed by atoms with Crippen LogP contribution >= 0.6 is 0 Å². The van der Waals surface area contributed by atoms with Gasteiger partial charge in [0.05, 0.1) is 13.7 Å². The Morgan fingerprint density at radius 2 is 2.46 bits per heavy atom. The van der Waals surface area contributed by atoms with Crippen molar-refractivity contribution in [3.63, 3.8) is 0 Å². The Morgan fingerprint density at radius 1 is 1.69 bits per heavy atom. The summed E-state index contributed by atoms with van der Waals surface area (Å²) in [5, 5.41) is 0. The number of carbonyl (C=O) groups is 1. The molecule has 1 aliphatic rings. The van der Waals surface area contributed by atoms with Crippen LogP contribution in [0.15, 0.2) is 0 Å². The predicted molar refractivity (Wildman–Crippen MR) is 45.1 cm³/mol. The summed E-state index contributed by atoms with van der Waals surface area (Å²) in [7, 11) is 1.34. The van der Waals surface area contributed by atoms with Gasteiger partial charge in [0.25, 0.3) is 0 Å². The molecule has 2 atom stereocenters. The van der Waals surface area contributed by atoms with Gasteiger partial charge in [0.15, 0.2) is 0 Å². The monoisotopic (exact) mass is 190 g/mol. The van der Waals surface area contributed by atoms with E-state index >= 15 is 0 Å². The minimum atomic E-state index is -0.821. The second-order valence-electron chi connectivity index (χ2n) is 3.25. The molecule has 1 fully saturated rings. The summed E-state index contributed by atoms with van der Waals surface area (Å²) in [4.78, 5) is 10.8. The van der Waals surface area contributed by atoms with E-state index in [9.17, 15) is 9.18 Å². The molecule has 0 aromatic carbocycles. The molecule has 76 valence electrons. The van der Waals surface area contributed by atoms with Gasteiger partial charge in [-0.05, 0) is 6.42 Å². The highest BCUT2D eigenvalue weighted by molar-refractivity contribution is 5.69. The molecule has 0 radical (unpaired) electrons. The second kappa shape index (κ2) is 5.17. The van der Waals surface area contributed by atoms with Gasteiger partial charge in [-0.25, -0.2) is 4.39 Å². The minimum absolute atomic E-state index is 0.132. The summed E-state index contributed by atoms with van der Waals surface area (Å²) in [6.45, 7) is 0.925. The molecular formula is C9H15FO3. The van der Waals surface area contributed by atoms with Crippen LogP contribution in [-0.2, 0) is 14.3 Å². The van der Waals surface area contributed by atoms with Gasteiger partial charge in [-0.1, -0.05) is 0 Å². The Labute approximate surface area is 77.2 Å². The third-order valence-electron chi connectivity index (χ3n) is 2.33. The van der Waals surface area contributed by atoms with Crippen LogP contribution < -0.4 is 0 Å². The first-order valence-corrected chi connectivity index (χ1v) is 4.52. The molecule has 0 bridgehead atoms. The maximum Gasteiger partial charge on any atom is 0.305 e. The summed E-state index contributed by atoms with van der Waals surface area (Å²) in [5.74, 6) is -0.411. The highest BCUT2D eigenvalue weighted by Gasteiger charge is 2.25. The van der Waals surface area contributed by atoms with E-state index in [4.69, 9.17) is 4.74 Å². The third-order valence-corrected chi connectivity index (χ3v) is 2.33. The molecule has 0 aromatic heterocycles. The predicted octanol–water partition coefficient (Wildman–Crippen LogP) is 1.31. The number of rotatable bonds is 3. The first-order chi connectivity index (χ1) is 6.24. The Hall–Kier alpha value is -0.640. The molecule has 1 saturated heterocycles. The van der Waals surface area contributed by atoms with Crippen LogP contribution in [-0.4, -0.2) is 32.5 Å². The van der Waals surface area contributed by atoms with E-state index in [0.717, 1.165) is 0 Å². The van der Waals surface area contributed by atoms with Gasteiger partial charge in [0.2, 0.25) is 0 Å². The lowest BCUT2D eigenvalue weighted by Crippen LogP contribution is -2.29. The zero-order valence-corrected chi connectivity index (χ0v) is 7.79. The fourth-order valence-corrected chi connectivity index (χ4v) is 1.44. The molecule has 13 heavy (non-hydrogen) atoms. The largest absolute Gasteiger partial charge is 0.469 e. The van der Waals surface area contributed by atoms with Gasteiger partial charge in [-0.15, -0.1) is 0 Å². The normalized spacial score (nSPS) is 28.5. The number of carbonyl (C=O) groups excluding carboxylic acids is 1. The molecule has 4 heteroatoms. The molecule has 0 spiro atoms. The van der Waals surface area contributed by atoms with Crippen molar-refractivity contribution in [3.05, 3.63) is 0 Å². The lowest BCUT2D eigenvalue weighted by Gasteiger charge is -2.25. The van der Waals surface area contributed by atoms with E-state index in [0.29, 0.717) is 26.1 Å². The number of methoxy groups -OCH3 is 1. The Morgan fingerprint density at radius 3 is 3.08 bits per heavy atom. The van der Waals surface area contributed by atoms with Crippen molar-refractivity contribution in [2.24, 2.45) is 5.92 Å². The van der Waals surface area contributed by atoms with Crippen LogP contribution in [0.3, 0.4) is 0 Å². The maximum absolute atomic E-state index is 13.2. The fourth-order valence-electron chi connectivity index (χ4n) is 1.44. The molecule has 0 saturated carbocycles. The van der Waals surface area contributed by atoms with Crippen molar-refractivity contribution in [2.75, 3.05) is 20.3 Å². The average molecular weight is 190 g/mol. The highest BCUT2D eigenvalue weighted by Crippen LogP contribution is 2.22. The van der Waals surface area contributed by atoms with Crippen LogP contribution in [0, 0.1) is 5.92 Å².